The lowest BCUT2D eigenvalue weighted by Gasteiger charge is -2.52. The molecular formula is C16H32N2. The van der Waals surface area contributed by atoms with Crippen LogP contribution in [0, 0.1) is 5.41 Å². The Morgan fingerprint density at radius 2 is 1.78 bits per heavy atom. The largest absolute Gasteiger partial charge is 0.308 e. The van der Waals surface area contributed by atoms with Gasteiger partial charge in [-0.15, -0.1) is 0 Å². The van der Waals surface area contributed by atoms with Crippen molar-refractivity contribution in [1.82, 2.24) is 10.2 Å². The lowest BCUT2D eigenvalue weighted by molar-refractivity contribution is 0.00366. The SMILES string of the molecule is CCC1(CN2CC(CC)(CC)NCC2C)CCC1. The monoisotopic (exact) mass is 252 g/mol. The molecule has 1 aliphatic heterocycles. The van der Waals surface area contributed by atoms with Crippen LogP contribution in [0.4, 0.5) is 0 Å². The lowest BCUT2D eigenvalue weighted by Crippen LogP contribution is -2.64. The zero-order valence-corrected chi connectivity index (χ0v) is 12.9. The molecule has 1 saturated heterocycles. The molecule has 1 N–H and O–H groups in total. The molecule has 1 heterocycles. The Bertz CT molecular complexity index is 259. The summed E-state index contributed by atoms with van der Waals surface area (Å²) in [4.78, 5) is 2.78. The summed E-state index contributed by atoms with van der Waals surface area (Å²) in [5.41, 5.74) is 1.05. The van der Waals surface area contributed by atoms with Gasteiger partial charge in [-0.1, -0.05) is 27.2 Å². The predicted molar refractivity (Wildman–Crippen MR) is 78.9 cm³/mol. The molecule has 2 nitrogen and oxygen atoms in total. The highest BCUT2D eigenvalue weighted by molar-refractivity contribution is 4.99. The number of rotatable bonds is 5. The van der Waals surface area contributed by atoms with Gasteiger partial charge in [-0.05, 0) is 44.4 Å². The van der Waals surface area contributed by atoms with Crippen LogP contribution in [0.2, 0.25) is 0 Å². The molecule has 0 aromatic rings. The van der Waals surface area contributed by atoms with Crippen LogP contribution in [0.1, 0.15) is 66.2 Å². The summed E-state index contributed by atoms with van der Waals surface area (Å²) >= 11 is 0. The molecule has 1 saturated carbocycles. The number of nitrogens with zero attached hydrogens (tertiary/aromatic N) is 1. The molecule has 2 aliphatic rings. The zero-order chi connectivity index (χ0) is 13.2. The molecule has 18 heavy (non-hydrogen) atoms. The highest BCUT2D eigenvalue weighted by atomic mass is 15.3. The first-order valence-electron chi connectivity index (χ1n) is 8.08. The molecule has 2 rings (SSSR count). The quantitative estimate of drug-likeness (QED) is 0.806. The third kappa shape index (κ3) is 2.60. The highest BCUT2D eigenvalue weighted by Crippen LogP contribution is 2.45. The van der Waals surface area contributed by atoms with Crippen molar-refractivity contribution in [3.05, 3.63) is 0 Å². The van der Waals surface area contributed by atoms with Crippen molar-refractivity contribution in [2.75, 3.05) is 19.6 Å². The first-order chi connectivity index (χ1) is 8.59. The molecule has 0 spiro atoms. The fourth-order valence-corrected chi connectivity index (χ4v) is 3.76. The molecule has 0 aromatic heterocycles. The van der Waals surface area contributed by atoms with Crippen molar-refractivity contribution in [1.29, 1.82) is 0 Å². The van der Waals surface area contributed by atoms with Gasteiger partial charge in [0.25, 0.3) is 0 Å². The second-order valence-electron chi connectivity index (χ2n) is 6.83. The topological polar surface area (TPSA) is 15.3 Å². The summed E-state index contributed by atoms with van der Waals surface area (Å²) < 4.78 is 0. The second-order valence-corrected chi connectivity index (χ2v) is 6.83. The molecule has 106 valence electrons. The molecule has 2 fully saturated rings. The van der Waals surface area contributed by atoms with Crippen LogP contribution in [-0.4, -0.2) is 36.1 Å². The Hall–Kier alpha value is -0.0800. The van der Waals surface area contributed by atoms with Gasteiger partial charge < -0.3 is 5.32 Å². The van der Waals surface area contributed by atoms with Crippen LogP contribution in [0.5, 0.6) is 0 Å². The molecular weight excluding hydrogens is 220 g/mol. The van der Waals surface area contributed by atoms with Crippen LogP contribution in [-0.2, 0) is 0 Å². The third-order valence-electron chi connectivity index (χ3n) is 5.96. The van der Waals surface area contributed by atoms with Gasteiger partial charge >= 0.3 is 0 Å². The van der Waals surface area contributed by atoms with E-state index in [0.717, 1.165) is 0 Å². The molecule has 0 amide bonds. The van der Waals surface area contributed by atoms with E-state index in [-0.39, 0.29) is 0 Å². The van der Waals surface area contributed by atoms with Crippen LogP contribution >= 0.6 is 0 Å². The fraction of sp³-hybridized carbons (Fsp3) is 1.00. The minimum absolute atomic E-state index is 0.380. The van der Waals surface area contributed by atoms with Crippen molar-refractivity contribution < 1.29 is 0 Å². The van der Waals surface area contributed by atoms with Crippen LogP contribution in [0.25, 0.3) is 0 Å². The average molecular weight is 252 g/mol. The van der Waals surface area contributed by atoms with Gasteiger partial charge in [-0.3, -0.25) is 4.90 Å². The maximum atomic E-state index is 3.81. The lowest BCUT2D eigenvalue weighted by atomic mass is 9.66. The minimum Gasteiger partial charge on any atom is -0.308 e. The van der Waals surface area contributed by atoms with E-state index in [2.05, 4.69) is 37.9 Å². The molecule has 0 bridgehead atoms. The molecule has 1 atom stereocenters. The van der Waals surface area contributed by atoms with E-state index in [1.54, 1.807) is 0 Å². The van der Waals surface area contributed by atoms with Gasteiger partial charge in [0.1, 0.15) is 0 Å². The van der Waals surface area contributed by atoms with Crippen molar-refractivity contribution in [2.24, 2.45) is 5.41 Å². The summed E-state index contributed by atoms with van der Waals surface area (Å²) in [6, 6.07) is 0.709. The van der Waals surface area contributed by atoms with Gasteiger partial charge in [0.2, 0.25) is 0 Å². The fourth-order valence-electron chi connectivity index (χ4n) is 3.76. The first kappa shape index (κ1) is 14.3. The third-order valence-corrected chi connectivity index (χ3v) is 5.96. The molecule has 0 radical (unpaired) electrons. The van der Waals surface area contributed by atoms with E-state index in [0.29, 0.717) is 17.0 Å². The van der Waals surface area contributed by atoms with E-state index < -0.39 is 0 Å². The van der Waals surface area contributed by atoms with Crippen LogP contribution < -0.4 is 5.32 Å². The predicted octanol–water partition coefficient (Wildman–Crippen LogP) is 3.42. The van der Waals surface area contributed by atoms with Crippen molar-refractivity contribution in [3.8, 4) is 0 Å². The van der Waals surface area contributed by atoms with Crippen molar-refractivity contribution in [2.45, 2.75) is 77.8 Å². The zero-order valence-electron chi connectivity index (χ0n) is 12.9. The molecule has 1 aliphatic carbocycles. The normalized spacial score (nSPS) is 31.0. The van der Waals surface area contributed by atoms with Gasteiger partial charge in [0, 0.05) is 31.2 Å². The highest BCUT2D eigenvalue weighted by Gasteiger charge is 2.41. The summed E-state index contributed by atoms with van der Waals surface area (Å²) in [5, 5.41) is 3.81. The van der Waals surface area contributed by atoms with Gasteiger partial charge in [-0.2, -0.15) is 0 Å². The number of piperazine rings is 1. The Kier molecular flexibility index (Phi) is 4.38. The maximum Gasteiger partial charge on any atom is 0.0304 e. The number of hydrogen-bond acceptors (Lipinski definition) is 2. The summed E-state index contributed by atoms with van der Waals surface area (Å²) in [6.45, 7) is 13.2. The van der Waals surface area contributed by atoms with Gasteiger partial charge in [-0.25, -0.2) is 0 Å². The smallest absolute Gasteiger partial charge is 0.0304 e. The standard InChI is InChI=1S/C16H32N2/c1-5-15(9-8-10-15)12-18-13-16(6-2,7-3)17-11-14(18)4/h14,17H,5-13H2,1-4H3. The van der Waals surface area contributed by atoms with Gasteiger partial charge in [0.15, 0.2) is 0 Å². The van der Waals surface area contributed by atoms with Gasteiger partial charge in [0.05, 0.1) is 0 Å². The second kappa shape index (κ2) is 5.50. The minimum atomic E-state index is 0.380. The Morgan fingerprint density at radius 1 is 1.11 bits per heavy atom. The van der Waals surface area contributed by atoms with Crippen LogP contribution in [0.3, 0.4) is 0 Å². The van der Waals surface area contributed by atoms with E-state index in [4.69, 9.17) is 0 Å². The van der Waals surface area contributed by atoms with Crippen molar-refractivity contribution in [3.63, 3.8) is 0 Å². The van der Waals surface area contributed by atoms with E-state index in [9.17, 15) is 0 Å². The summed E-state index contributed by atoms with van der Waals surface area (Å²) in [7, 11) is 0. The van der Waals surface area contributed by atoms with E-state index in [1.807, 2.05) is 0 Å². The summed E-state index contributed by atoms with van der Waals surface area (Å²) in [6.07, 6.45) is 8.27. The number of nitrogens with one attached hydrogen (secondary N) is 1. The Morgan fingerprint density at radius 3 is 2.22 bits per heavy atom. The Balaban J connectivity index is 2.01. The average Bonchev–Trinajstić information content (AvgIpc) is 2.36. The van der Waals surface area contributed by atoms with E-state index in [1.165, 1.54) is 58.2 Å². The molecule has 1 unspecified atom stereocenters. The maximum absolute atomic E-state index is 3.81. The first-order valence-corrected chi connectivity index (χ1v) is 8.08. The molecule has 2 heteroatoms. The van der Waals surface area contributed by atoms with Crippen LogP contribution in [0.15, 0.2) is 0 Å². The number of hydrogen-bond donors (Lipinski definition) is 1. The summed E-state index contributed by atoms with van der Waals surface area (Å²) in [5.74, 6) is 0. The molecule has 0 aromatic carbocycles. The van der Waals surface area contributed by atoms with E-state index >= 15 is 0 Å². The van der Waals surface area contributed by atoms with Crippen molar-refractivity contribution >= 4 is 0 Å². The Labute approximate surface area is 114 Å².